The van der Waals surface area contributed by atoms with Crippen molar-refractivity contribution in [3.05, 3.63) is 113 Å². The van der Waals surface area contributed by atoms with Crippen molar-refractivity contribution < 1.29 is 14.3 Å². The van der Waals surface area contributed by atoms with Crippen molar-refractivity contribution >= 4 is 40.3 Å². The number of fused-ring (bicyclic) bond motifs is 1. The van der Waals surface area contributed by atoms with Gasteiger partial charge in [-0.25, -0.2) is 5.01 Å². The van der Waals surface area contributed by atoms with Crippen LogP contribution in [0.3, 0.4) is 0 Å². The summed E-state index contributed by atoms with van der Waals surface area (Å²) in [5, 5.41) is 9.14. The molecule has 5 rings (SSSR count). The zero-order valence-corrected chi connectivity index (χ0v) is 19.0. The molecule has 0 aromatic heterocycles. The quantitative estimate of drug-likeness (QED) is 0.323. The number of hydrogen-bond donors (Lipinski definition) is 0. The Hall–Kier alpha value is -3.96. The Kier molecular flexibility index (Phi) is 6.11. The van der Waals surface area contributed by atoms with Crippen molar-refractivity contribution in [3.8, 4) is 5.75 Å². The van der Waals surface area contributed by atoms with Crippen LogP contribution >= 0.6 is 11.6 Å². The van der Waals surface area contributed by atoms with Crippen LogP contribution in [0.2, 0.25) is 5.02 Å². The van der Waals surface area contributed by atoms with Gasteiger partial charge in [0.05, 0.1) is 11.8 Å². The summed E-state index contributed by atoms with van der Waals surface area (Å²) in [6.45, 7) is -0.170. The zero-order chi connectivity index (χ0) is 23.5. The van der Waals surface area contributed by atoms with Crippen molar-refractivity contribution in [2.75, 3.05) is 6.61 Å². The molecule has 0 aliphatic carbocycles. The molecule has 0 bridgehead atoms. The summed E-state index contributed by atoms with van der Waals surface area (Å²) in [5.74, 6) is 0.258. The van der Waals surface area contributed by atoms with Gasteiger partial charge < -0.3 is 4.74 Å². The molecular formula is C28H21ClN2O3. The van der Waals surface area contributed by atoms with Crippen LogP contribution in [0.4, 0.5) is 0 Å². The first-order valence-electron chi connectivity index (χ1n) is 10.9. The monoisotopic (exact) mass is 468 g/mol. The van der Waals surface area contributed by atoms with E-state index in [1.54, 1.807) is 24.3 Å². The molecule has 0 radical (unpaired) electrons. The highest BCUT2D eigenvalue weighted by Gasteiger charge is 2.33. The predicted molar refractivity (Wildman–Crippen MR) is 133 cm³/mol. The van der Waals surface area contributed by atoms with Gasteiger partial charge in [0, 0.05) is 22.6 Å². The molecule has 0 saturated heterocycles. The molecule has 4 aromatic rings. The van der Waals surface area contributed by atoms with Crippen molar-refractivity contribution in [2.24, 2.45) is 5.10 Å². The third-order valence-corrected chi connectivity index (χ3v) is 6.15. The van der Waals surface area contributed by atoms with Gasteiger partial charge in [0.2, 0.25) is 0 Å². The second-order valence-electron chi connectivity index (χ2n) is 8.06. The number of halogens is 1. The van der Waals surface area contributed by atoms with E-state index in [2.05, 4.69) is 18.2 Å². The van der Waals surface area contributed by atoms with E-state index in [0.29, 0.717) is 22.8 Å². The number of hydrazone groups is 1. The third-order valence-electron chi connectivity index (χ3n) is 5.90. The van der Waals surface area contributed by atoms with Crippen molar-refractivity contribution in [3.63, 3.8) is 0 Å². The summed E-state index contributed by atoms with van der Waals surface area (Å²) < 4.78 is 5.70. The summed E-state index contributed by atoms with van der Waals surface area (Å²) >= 11 is 6.10. The zero-order valence-electron chi connectivity index (χ0n) is 18.2. The van der Waals surface area contributed by atoms with Gasteiger partial charge >= 0.3 is 0 Å². The largest absolute Gasteiger partial charge is 0.484 e. The lowest BCUT2D eigenvalue weighted by atomic mass is 9.95. The van der Waals surface area contributed by atoms with Gasteiger partial charge in [-0.1, -0.05) is 66.2 Å². The molecule has 0 saturated carbocycles. The fourth-order valence-electron chi connectivity index (χ4n) is 4.18. The summed E-state index contributed by atoms with van der Waals surface area (Å²) in [4.78, 5) is 24.1. The third kappa shape index (κ3) is 4.43. The molecule has 0 fully saturated rings. The lowest BCUT2D eigenvalue weighted by molar-refractivity contribution is -0.135. The number of nitrogens with zero attached hydrogens (tertiary/aromatic N) is 2. The van der Waals surface area contributed by atoms with Crippen molar-refractivity contribution in [1.29, 1.82) is 0 Å². The van der Waals surface area contributed by atoms with Gasteiger partial charge in [-0.3, -0.25) is 9.59 Å². The van der Waals surface area contributed by atoms with Crippen LogP contribution in [-0.2, 0) is 4.79 Å². The lowest BCUT2D eigenvalue weighted by Gasteiger charge is -2.22. The maximum atomic E-state index is 13.2. The first-order chi connectivity index (χ1) is 16.6. The number of carbonyl (C=O) groups excluding carboxylic acids is 2. The van der Waals surface area contributed by atoms with E-state index in [-0.39, 0.29) is 18.6 Å². The smallest absolute Gasteiger partial charge is 0.281 e. The highest BCUT2D eigenvalue weighted by molar-refractivity contribution is 6.30. The molecule has 6 heteroatoms. The first kappa shape index (κ1) is 21.9. The maximum absolute atomic E-state index is 13.2. The highest BCUT2D eigenvalue weighted by atomic mass is 35.5. The molecule has 1 aliphatic rings. The number of amides is 1. The average Bonchev–Trinajstić information content (AvgIpc) is 3.33. The fraction of sp³-hybridized carbons (Fsp3) is 0.107. The van der Waals surface area contributed by atoms with Gasteiger partial charge in [-0.2, -0.15) is 5.10 Å². The Morgan fingerprint density at radius 2 is 1.71 bits per heavy atom. The molecule has 1 amide bonds. The second kappa shape index (κ2) is 9.49. The Balaban J connectivity index is 1.45. The molecular weight excluding hydrogens is 448 g/mol. The van der Waals surface area contributed by atoms with Crippen LogP contribution in [0, 0.1) is 0 Å². The summed E-state index contributed by atoms with van der Waals surface area (Å²) in [5.41, 5.74) is 3.36. The molecule has 1 atom stereocenters. The topological polar surface area (TPSA) is 59.0 Å². The molecule has 34 heavy (non-hydrogen) atoms. The van der Waals surface area contributed by atoms with E-state index in [0.717, 1.165) is 33.9 Å². The minimum atomic E-state index is -0.264. The number of hydrogen-bond acceptors (Lipinski definition) is 4. The standard InChI is InChI=1S/C28H21ClN2O3/c29-22-12-10-21(11-13-22)27-16-26(25-7-3-5-20-4-1-2-6-24(20)25)30-31(27)28(33)18-34-23-14-8-19(17-32)9-15-23/h1-15,17,27H,16,18H2. The molecule has 0 N–H and O–H groups in total. The minimum Gasteiger partial charge on any atom is -0.484 e. The predicted octanol–water partition coefficient (Wildman–Crippen LogP) is 6.06. The second-order valence-corrected chi connectivity index (χ2v) is 8.50. The van der Waals surface area contributed by atoms with Crippen LogP contribution < -0.4 is 4.74 Å². The number of rotatable bonds is 6. The number of carbonyl (C=O) groups is 2. The molecule has 0 spiro atoms. The minimum absolute atomic E-state index is 0.170. The van der Waals surface area contributed by atoms with E-state index in [4.69, 9.17) is 21.4 Å². The highest BCUT2D eigenvalue weighted by Crippen LogP contribution is 2.35. The normalized spacial score (nSPS) is 15.3. The van der Waals surface area contributed by atoms with Gasteiger partial charge in [0.15, 0.2) is 6.61 Å². The Morgan fingerprint density at radius 3 is 2.47 bits per heavy atom. The molecule has 1 aliphatic heterocycles. The Labute approximate surface area is 202 Å². The van der Waals surface area contributed by atoms with Crippen LogP contribution in [0.5, 0.6) is 5.75 Å². The van der Waals surface area contributed by atoms with Crippen LogP contribution in [-0.4, -0.2) is 29.5 Å². The van der Waals surface area contributed by atoms with E-state index in [9.17, 15) is 9.59 Å². The fourth-order valence-corrected chi connectivity index (χ4v) is 4.30. The number of ether oxygens (including phenoxy) is 1. The summed E-state index contributed by atoms with van der Waals surface area (Å²) in [7, 11) is 0. The molecule has 5 nitrogen and oxygen atoms in total. The van der Waals surface area contributed by atoms with Crippen LogP contribution in [0.15, 0.2) is 96.1 Å². The Morgan fingerprint density at radius 1 is 0.971 bits per heavy atom. The van der Waals surface area contributed by atoms with E-state index in [1.807, 2.05) is 48.5 Å². The van der Waals surface area contributed by atoms with E-state index >= 15 is 0 Å². The SMILES string of the molecule is O=Cc1ccc(OCC(=O)N2N=C(c3cccc4ccccc34)CC2c2ccc(Cl)cc2)cc1. The lowest BCUT2D eigenvalue weighted by Crippen LogP contribution is -2.31. The van der Waals surface area contributed by atoms with Gasteiger partial charge in [0.1, 0.15) is 12.0 Å². The van der Waals surface area contributed by atoms with Gasteiger partial charge in [0.25, 0.3) is 5.91 Å². The first-order valence-corrected chi connectivity index (χ1v) is 11.3. The van der Waals surface area contributed by atoms with E-state index in [1.165, 1.54) is 5.01 Å². The Bertz CT molecular complexity index is 1380. The molecule has 1 unspecified atom stereocenters. The molecule has 168 valence electrons. The maximum Gasteiger partial charge on any atom is 0.281 e. The molecule has 4 aromatic carbocycles. The van der Waals surface area contributed by atoms with Crippen LogP contribution in [0.25, 0.3) is 10.8 Å². The summed E-state index contributed by atoms with van der Waals surface area (Å²) in [6.07, 6.45) is 1.34. The number of benzene rings is 4. The average molecular weight is 469 g/mol. The number of aldehydes is 1. The van der Waals surface area contributed by atoms with Gasteiger partial charge in [-0.05, 0) is 52.7 Å². The van der Waals surface area contributed by atoms with Crippen LogP contribution in [0.1, 0.15) is 33.9 Å². The van der Waals surface area contributed by atoms with Crippen molar-refractivity contribution in [2.45, 2.75) is 12.5 Å². The summed E-state index contributed by atoms with van der Waals surface area (Å²) in [6, 6.07) is 28.1. The molecule has 1 heterocycles. The van der Waals surface area contributed by atoms with E-state index < -0.39 is 0 Å². The van der Waals surface area contributed by atoms with Gasteiger partial charge in [-0.15, -0.1) is 0 Å². The van der Waals surface area contributed by atoms with Crippen molar-refractivity contribution in [1.82, 2.24) is 5.01 Å².